The molecule has 1 heterocycles. The molecule has 0 bridgehead atoms. The van der Waals surface area contributed by atoms with E-state index in [0.717, 1.165) is 82.9 Å². The second-order valence-electron chi connectivity index (χ2n) is 25.7. The van der Waals surface area contributed by atoms with Crippen molar-refractivity contribution < 1.29 is 33.8 Å². The zero-order valence-corrected chi connectivity index (χ0v) is 56.7. The number of thioether (sulfide) groups is 1. The first-order chi connectivity index (χ1) is 44.1. The van der Waals surface area contributed by atoms with Crippen molar-refractivity contribution in [1.29, 1.82) is 0 Å². The van der Waals surface area contributed by atoms with Gasteiger partial charge in [-0.1, -0.05) is 281 Å². The molecule has 12 heteroatoms. The van der Waals surface area contributed by atoms with Crippen LogP contribution in [0.4, 0.5) is 0 Å². The predicted octanol–water partition coefficient (Wildman–Crippen LogP) is 21.2. The summed E-state index contributed by atoms with van der Waals surface area (Å²) in [6.07, 6.45) is 51.3. The van der Waals surface area contributed by atoms with Crippen LogP contribution in [0.2, 0.25) is 0 Å². The van der Waals surface area contributed by atoms with Crippen molar-refractivity contribution >= 4 is 46.4 Å². The number of phenols is 1. The highest BCUT2D eigenvalue weighted by Gasteiger charge is 2.25. The number of carboxylic acid groups (broad SMARTS) is 1. The molecule has 5 rings (SSSR count). The molecule has 1 aliphatic heterocycles. The number of carboxylic acids is 1. The summed E-state index contributed by atoms with van der Waals surface area (Å²) in [5.74, 6) is -0.485. The van der Waals surface area contributed by atoms with Gasteiger partial charge in [0.1, 0.15) is 22.3 Å². The van der Waals surface area contributed by atoms with Gasteiger partial charge in [-0.15, -0.1) is 11.8 Å². The van der Waals surface area contributed by atoms with E-state index < -0.39 is 5.97 Å². The van der Waals surface area contributed by atoms with Gasteiger partial charge in [0.2, 0.25) is 11.8 Å². The molecule has 3 aromatic rings. The maximum atomic E-state index is 14.0. The van der Waals surface area contributed by atoms with Crippen molar-refractivity contribution in [3.8, 4) is 28.2 Å². The number of hydrogen-bond acceptors (Lipinski definition) is 8. The van der Waals surface area contributed by atoms with E-state index in [2.05, 4.69) is 29.4 Å². The second kappa shape index (κ2) is 47.3. The van der Waals surface area contributed by atoms with E-state index in [9.17, 15) is 34.2 Å². The number of carbonyl (C=O) groups excluding carboxylic acids is 3. The molecule has 11 nitrogen and oxygen atoms in total. The minimum Gasteiger partial charge on any atom is -0.508 e. The zero-order chi connectivity index (χ0) is 64.1. The Bertz CT molecular complexity index is 2740. The number of nitrogens with one attached hydrogen (secondary N) is 2. The van der Waals surface area contributed by atoms with Crippen LogP contribution in [0.15, 0.2) is 94.1 Å². The Morgan fingerprint density at radius 2 is 0.956 bits per heavy atom. The third-order valence-electron chi connectivity index (χ3n) is 18.0. The Kier molecular flexibility index (Phi) is 39.5. The van der Waals surface area contributed by atoms with Crippen molar-refractivity contribution in [3.63, 3.8) is 0 Å². The zero-order valence-electron chi connectivity index (χ0n) is 55.9. The fraction of sp³-hybridized carbons (Fsp3) is 0.628. The van der Waals surface area contributed by atoms with Gasteiger partial charge in [-0.05, 0) is 73.2 Å². The lowest BCUT2D eigenvalue weighted by atomic mass is 9.90. The topological polar surface area (TPSA) is 166 Å². The van der Waals surface area contributed by atoms with Gasteiger partial charge >= 0.3 is 5.97 Å². The molecule has 0 saturated heterocycles. The molecular weight excluding hydrogens is 1140 g/mol. The number of rotatable bonds is 54. The van der Waals surface area contributed by atoms with Crippen LogP contribution in [-0.2, 0) is 9.59 Å². The third-order valence-corrected chi connectivity index (χ3v) is 19.3. The Balaban J connectivity index is 0.963. The summed E-state index contributed by atoms with van der Waals surface area (Å²) in [4.78, 5) is 68.1. The van der Waals surface area contributed by atoms with E-state index in [1.165, 1.54) is 223 Å². The molecule has 1 aliphatic carbocycles. The average molecular weight is 1260 g/mol. The highest BCUT2D eigenvalue weighted by Crippen LogP contribution is 2.42. The van der Waals surface area contributed by atoms with Gasteiger partial charge in [-0.2, -0.15) is 0 Å². The van der Waals surface area contributed by atoms with Crippen molar-refractivity contribution in [2.75, 3.05) is 31.9 Å². The molecule has 1 unspecified atom stereocenters. The summed E-state index contributed by atoms with van der Waals surface area (Å²) in [7, 11) is 0. The first kappa shape index (κ1) is 75.1. The Morgan fingerprint density at radius 1 is 0.500 bits per heavy atom. The number of benzene rings is 4. The number of phenolic OH excluding ortho intramolecular Hbond substituents is 1. The van der Waals surface area contributed by atoms with Crippen molar-refractivity contribution in [1.82, 2.24) is 15.5 Å². The fourth-order valence-corrected chi connectivity index (χ4v) is 13.7. The number of unbranched alkanes of at least 4 members (excludes halogenated alkanes) is 37. The minimum absolute atomic E-state index is 0.0119. The van der Waals surface area contributed by atoms with E-state index in [0.29, 0.717) is 52.9 Å². The van der Waals surface area contributed by atoms with Crippen LogP contribution in [0.3, 0.4) is 0 Å². The molecule has 0 aromatic heterocycles. The van der Waals surface area contributed by atoms with Gasteiger partial charge in [0.05, 0.1) is 5.56 Å². The number of amides is 3. The van der Waals surface area contributed by atoms with Crippen LogP contribution >= 0.6 is 11.8 Å². The molecule has 3 aromatic carbocycles. The van der Waals surface area contributed by atoms with Crippen LogP contribution in [0.1, 0.15) is 309 Å². The maximum absolute atomic E-state index is 14.0. The van der Waals surface area contributed by atoms with E-state index in [1.807, 2.05) is 30.3 Å². The van der Waals surface area contributed by atoms with E-state index in [-0.39, 0.29) is 51.0 Å². The van der Waals surface area contributed by atoms with E-state index in [1.54, 1.807) is 36.0 Å². The average Bonchev–Trinajstić information content (AvgIpc) is 0.805. The Morgan fingerprint density at radius 3 is 1.44 bits per heavy atom. The summed E-state index contributed by atoms with van der Waals surface area (Å²) in [6, 6.07) is 23.5. The molecule has 0 saturated carbocycles. The van der Waals surface area contributed by atoms with Gasteiger partial charge < -0.3 is 30.2 Å². The molecule has 0 spiro atoms. The van der Waals surface area contributed by atoms with Gasteiger partial charge in [0, 0.05) is 72.6 Å². The molecule has 90 heavy (non-hydrogen) atoms. The lowest BCUT2D eigenvalue weighted by molar-refractivity contribution is -0.131. The number of carbonyl (C=O) groups is 4. The van der Waals surface area contributed by atoms with Crippen LogP contribution in [0.5, 0.6) is 5.75 Å². The van der Waals surface area contributed by atoms with Gasteiger partial charge in [-0.25, -0.2) is 4.79 Å². The maximum Gasteiger partial charge on any atom is 0.336 e. The highest BCUT2D eigenvalue weighted by molar-refractivity contribution is 8.00. The van der Waals surface area contributed by atoms with Crippen molar-refractivity contribution in [2.24, 2.45) is 0 Å². The quantitative estimate of drug-likeness (QED) is 0.0219. The van der Waals surface area contributed by atoms with Crippen LogP contribution in [0, 0.1) is 0 Å². The molecule has 3 amide bonds. The molecule has 4 N–H and O–H groups in total. The first-order valence-corrected chi connectivity index (χ1v) is 37.2. The number of fused-ring (bicyclic) bond motifs is 2. The lowest BCUT2D eigenvalue weighted by Gasteiger charge is -2.24. The minimum atomic E-state index is -1.20. The van der Waals surface area contributed by atoms with Gasteiger partial charge in [-0.3, -0.25) is 19.2 Å². The second-order valence-corrected chi connectivity index (χ2v) is 26.9. The Hall–Kier alpha value is -5.62. The number of hydrogen-bond donors (Lipinski definition) is 4. The van der Waals surface area contributed by atoms with E-state index in [4.69, 9.17) is 4.42 Å². The normalized spacial score (nSPS) is 11.8. The predicted molar refractivity (Wildman–Crippen MR) is 377 cm³/mol. The van der Waals surface area contributed by atoms with Gasteiger partial charge in [0.25, 0.3) is 5.91 Å². The largest absolute Gasteiger partial charge is 0.508 e. The van der Waals surface area contributed by atoms with Crippen molar-refractivity contribution in [3.05, 3.63) is 112 Å². The summed E-state index contributed by atoms with van der Waals surface area (Å²) in [6.45, 7) is 7.35. The molecule has 0 radical (unpaired) electrons. The van der Waals surface area contributed by atoms with Crippen molar-refractivity contribution in [2.45, 2.75) is 282 Å². The SMILES string of the molecule is CCCCCCCCCCCCCCCCCCN(CCCCCCCCCCCCCCCCCC)C(=O)CCSC(C(=O)NCCCCCCCCCCNC(=O)c1ccc(-c2c3ccc(=O)cc-3oc3cc(O)ccc23)c(C(=O)O)c1)c1ccccc1. The molecule has 0 fully saturated rings. The Labute approximate surface area is 547 Å². The van der Waals surface area contributed by atoms with Gasteiger partial charge in [0.15, 0.2) is 5.43 Å². The number of aromatic hydroxyl groups is 1. The summed E-state index contributed by atoms with van der Waals surface area (Å²) in [5, 5.41) is 26.9. The van der Waals surface area contributed by atoms with Crippen LogP contribution in [-0.4, -0.2) is 70.7 Å². The fourth-order valence-electron chi connectivity index (χ4n) is 12.6. The molecule has 498 valence electrons. The standard InChI is InChI=1S/C78H117N3O8S/c1-3-5-7-9-11-13-15-17-19-21-23-25-29-33-37-44-57-81(58-45-38-34-30-26-24-22-20-18-16-14-12-10-8-6-4-2)73(84)54-59-90-75(63-46-40-39-41-47-63)77(86)80-56-43-36-32-28-27-31-35-42-55-79-76(85)64-48-51-67(70(60-64)78(87)88)74-68-52-49-65(82)61-71(68)89-72-62-66(83)50-53-69(72)74/h39-41,46-53,60-62,75,82H,3-38,42-45,54-59H2,1-2H3,(H,79,85)(H,80,86)(H,87,88). The van der Waals surface area contributed by atoms with Crippen LogP contribution < -0.4 is 16.1 Å². The smallest absolute Gasteiger partial charge is 0.336 e. The molecular formula is C78H117N3O8S. The van der Waals surface area contributed by atoms with E-state index >= 15 is 0 Å². The first-order valence-electron chi connectivity index (χ1n) is 36.2. The monoisotopic (exact) mass is 1260 g/mol. The summed E-state index contributed by atoms with van der Waals surface area (Å²) < 4.78 is 5.94. The summed E-state index contributed by atoms with van der Waals surface area (Å²) in [5.41, 5.74) is 2.57. The number of nitrogens with zero attached hydrogens (tertiary/aromatic N) is 1. The lowest BCUT2D eigenvalue weighted by Crippen LogP contribution is -2.33. The third kappa shape index (κ3) is 30.2. The molecule has 1 atom stereocenters. The van der Waals surface area contributed by atoms with Crippen LogP contribution in [0.25, 0.3) is 33.4 Å². The molecule has 2 aliphatic rings. The highest BCUT2D eigenvalue weighted by atomic mass is 32.2. The summed E-state index contributed by atoms with van der Waals surface area (Å²) >= 11 is 1.59. The number of aromatic carboxylic acids is 1.